The molecule has 4 heteroatoms. The van der Waals surface area contributed by atoms with E-state index >= 15 is 0 Å². The van der Waals surface area contributed by atoms with Crippen molar-refractivity contribution in [2.24, 2.45) is 0 Å². The summed E-state index contributed by atoms with van der Waals surface area (Å²) in [6.07, 6.45) is 0. The zero-order chi connectivity index (χ0) is 10.7. The molecular formula is C10H13N3O. The third kappa shape index (κ3) is 2.19. The molecule has 1 N–H and O–H groups in total. The molecule has 74 valence electrons. The number of H-pyrrole nitrogens is 1. The summed E-state index contributed by atoms with van der Waals surface area (Å²) in [5.74, 6) is 0.456. The maximum absolute atomic E-state index is 11.2. The smallest absolute Gasteiger partial charge is 0.251 e. The zero-order valence-electron chi connectivity index (χ0n) is 8.53. The fourth-order valence-electron chi connectivity index (χ4n) is 1.06. The summed E-state index contributed by atoms with van der Waals surface area (Å²) in [5, 5.41) is 8.71. The van der Waals surface area contributed by atoms with E-state index in [-0.39, 0.29) is 17.4 Å². The maximum Gasteiger partial charge on any atom is 0.251 e. The number of hydrogen-bond donors (Lipinski definition) is 1. The van der Waals surface area contributed by atoms with Crippen LogP contribution in [0.4, 0.5) is 0 Å². The van der Waals surface area contributed by atoms with Crippen molar-refractivity contribution >= 4 is 0 Å². The normalized spacial score (nSPS) is 12.5. The van der Waals surface area contributed by atoms with Gasteiger partial charge in [0.15, 0.2) is 0 Å². The van der Waals surface area contributed by atoms with Gasteiger partial charge in [-0.2, -0.15) is 5.26 Å². The molecule has 0 fully saturated rings. The van der Waals surface area contributed by atoms with Gasteiger partial charge in [0, 0.05) is 12.0 Å². The van der Waals surface area contributed by atoms with Gasteiger partial charge >= 0.3 is 0 Å². The highest BCUT2D eigenvalue weighted by Gasteiger charge is 2.10. The third-order valence-electron chi connectivity index (χ3n) is 1.96. The van der Waals surface area contributed by atoms with Crippen LogP contribution < -0.4 is 5.56 Å². The van der Waals surface area contributed by atoms with Gasteiger partial charge in [0.2, 0.25) is 0 Å². The summed E-state index contributed by atoms with van der Waals surface area (Å²) in [6, 6.07) is 3.43. The van der Waals surface area contributed by atoms with Crippen molar-refractivity contribution < 1.29 is 0 Å². The highest BCUT2D eigenvalue weighted by atomic mass is 16.1. The molecule has 1 rings (SSSR count). The van der Waals surface area contributed by atoms with Gasteiger partial charge in [-0.15, -0.1) is 0 Å². The predicted octanol–water partition coefficient (Wildman–Crippen LogP) is 1.52. The molecule has 1 aromatic heterocycles. The molecule has 0 saturated carbocycles. The number of nitrogens with zero attached hydrogens (tertiary/aromatic N) is 2. The lowest BCUT2D eigenvalue weighted by atomic mass is 10.1. The summed E-state index contributed by atoms with van der Waals surface area (Å²) in [5.41, 5.74) is 0.348. The highest BCUT2D eigenvalue weighted by Crippen LogP contribution is 2.12. The second-order valence-corrected chi connectivity index (χ2v) is 3.56. The lowest BCUT2D eigenvalue weighted by molar-refractivity contribution is 0.740. The summed E-state index contributed by atoms with van der Waals surface area (Å²) in [6.45, 7) is 5.62. The number of hydrogen-bond acceptors (Lipinski definition) is 3. The van der Waals surface area contributed by atoms with Crippen molar-refractivity contribution in [3.8, 4) is 6.07 Å². The molecule has 0 bridgehead atoms. The first-order valence-electron chi connectivity index (χ1n) is 4.55. The van der Waals surface area contributed by atoms with Crippen molar-refractivity contribution in [2.45, 2.75) is 32.6 Å². The van der Waals surface area contributed by atoms with E-state index in [1.807, 2.05) is 13.8 Å². The highest BCUT2D eigenvalue weighted by molar-refractivity contribution is 5.15. The van der Waals surface area contributed by atoms with Gasteiger partial charge in [0.1, 0.15) is 5.82 Å². The van der Waals surface area contributed by atoms with Crippen LogP contribution in [0.5, 0.6) is 0 Å². The molecule has 0 aromatic carbocycles. The Morgan fingerprint density at radius 1 is 1.50 bits per heavy atom. The van der Waals surface area contributed by atoms with Crippen LogP contribution in [-0.2, 0) is 0 Å². The van der Waals surface area contributed by atoms with Crippen LogP contribution in [0.25, 0.3) is 0 Å². The molecule has 1 unspecified atom stereocenters. The van der Waals surface area contributed by atoms with Crippen LogP contribution in [0.15, 0.2) is 10.9 Å². The summed E-state index contributed by atoms with van der Waals surface area (Å²) in [7, 11) is 0. The second-order valence-electron chi connectivity index (χ2n) is 3.56. The molecule has 14 heavy (non-hydrogen) atoms. The first-order valence-corrected chi connectivity index (χ1v) is 4.55. The summed E-state index contributed by atoms with van der Waals surface area (Å²) in [4.78, 5) is 18.1. The first-order chi connectivity index (χ1) is 6.54. The van der Waals surface area contributed by atoms with Gasteiger partial charge in [-0.05, 0) is 6.92 Å². The Morgan fingerprint density at radius 3 is 2.64 bits per heavy atom. The maximum atomic E-state index is 11.2. The van der Waals surface area contributed by atoms with Gasteiger partial charge in [0.05, 0.1) is 17.7 Å². The van der Waals surface area contributed by atoms with Crippen LogP contribution in [0, 0.1) is 11.3 Å². The van der Waals surface area contributed by atoms with E-state index < -0.39 is 0 Å². The Hall–Kier alpha value is -1.63. The minimum atomic E-state index is -0.338. The SMILES string of the molecule is CC(C)c1nc(C(C)C#N)cc(=O)[nH]1. The Balaban J connectivity index is 3.22. The quantitative estimate of drug-likeness (QED) is 0.770. The molecule has 0 spiro atoms. The first kappa shape index (κ1) is 10.5. The summed E-state index contributed by atoms with van der Waals surface area (Å²) >= 11 is 0. The van der Waals surface area contributed by atoms with Crippen LogP contribution in [0.2, 0.25) is 0 Å². The average molecular weight is 191 g/mol. The molecule has 0 radical (unpaired) electrons. The predicted molar refractivity (Wildman–Crippen MR) is 53.0 cm³/mol. The fourth-order valence-corrected chi connectivity index (χ4v) is 1.06. The van der Waals surface area contributed by atoms with Crippen LogP contribution in [0.3, 0.4) is 0 Å². The second kappa shape index (κ2) is 4.05. The van der Waals surface area contributed by atoms with E-state index in [2.05, 4.69) is 16.0 Å². The molecule has 0 saturated heterocycles. The standard InChI is InChI=1S/C10H13N3O/c1-6(2)10-12-8(7(3)5-11)4-9(14)13-10/h4,6-7H,1-3H3,(H,12,13,14). The van der Waals surface area contributed by atoms with E-state index in [9.17, 15) is 4.79 Å². The van der Waals surface area contributed by atoms with Gasteiger partial charge in [-0.25, -0.2) is 4.98 Å². The molecule has 1 atom stereocenters. The zero-order valence-corrected chi connectivity index (χ0v) is 8.53. The van der Waals surface area contributed by atoms with Crippen molar-refractivity contribution in [3.05, 3.63) is 27.9 Å². The topological polar surface area (TPSA) is 69.5 Å². The molecule has 0 aliphatic rings. The lowest BCUT2D eigenvalue weighted by Crippen LogP contribution is -2.14. The molecule has 1 heterocycles. The monoisotopic (exact) mass is 191 g/mol. The molecule has 0 aliphatic carbocycles. The van der Waals surface area contributed by atoms with E-state index in [1.165, 1.54) is 6.07 Å². The third-order valence-corrected chi connectivity index (χ3v) is 1.96. The Kier molecular flexibility index (Phi) is 3.03. The number of nitrogens with one attached hydrogen (secondary N) is 1. The van der Waals surface area contributed by atoms with Gasteiger partial charge in [0.25, 0.3) is 5.56 Å². The van der Waals surface area contributed by atoms with E-state index in [1.54, 1.807) is 6.92 Å². The van der Waals surface area contributed by atoms with E-state index in [4.69, 9.17) is 5.26 Å². The molecule has 1 aromatic rings. The Morgan fingerprint density at radius 2 is 2.14 bits per heavy atom. The molecule has 4 nitrogen and oxygen atoms in total. The minimum absolute atomic E-state index is 0.161. The lowest BCUT2D eigenvalue weighted by Gasteiger charge is -2.07. The summed E-state index contributed by atoms with van der Waals surface area (Å²) < 4.78 is 0. The van der Waals surface area contributed by atoms with Crippen LogP contribution >= 0.6 is 0 Å². The molecule has 0 amide bonds. The van der Waals surface area contributed by atoms with E-state index in [0.29, 0.717) is 11.5 Å². The largest absolute Gasteiger partial charge is 0.310 e. The van der Waals surface area contributed by atoms with Crippen molar-refractivity contribution in [1.29, 1.82) is 5.26 Å². The van der Waals surface area contributed by atoms with Gasteiger partial charge in [-0.1, -0.05) is 13.8 Å². The number of aromatic nitrogens is 2. The Bertz CT molecular complexity index is 414. The van der Waals surface area contributed by atoms with Gasteiger partial charge < -0.3 is 4.98 Å². The van der Waals surface area contributed by atoms with Crippen molar-refractivity contribution in [2.75, 3.05) is 0 Å². The number of nitriles is 1. The average Bonchev–Trinajstić information content (AvgIpc) is 2.15. The number of aromatic amines is 1. The van der Waals surface area contributed by atoms with Crippen LogP contribution in [0.1, 0.15) is 44.1 Å². The van der Waals surface area contributed by atoms with Crippen molar-refractivity contribution in [3.63, 3.8) is 0 Å². The van der Waals surface area contributed by atoms with E-state index in [0.717, 1.165) is 0 Å². The fraction of sp³-hybridized carbons (Fsp3) is 0.500. The van der Waals surface area contributed by atoms with Crippen molar-refractivity contribution in [1.82, 2.24) is 9.97 Å². The van der Waals surface area contributed by atoms with Crippen LogP contribution in [-0.4, -0.2) is 9.97 Å². The van der Waals surface area contributed by atoms with Gasteiger partial charge in [-0.3, -0.25) is 4.79 Å². The Labute approximate surface area is 82.6 Å². The molecular weight excluding hydrogens is 178 g/mol. The molecule has 0 aliphatic heterocycles. The minimum Gasteiger partial charge on any atom is -0.310 e. The number of rotatable bonds is 2.